The van der Waals surface area contributed by atoms with E-state index in [0.29, 0.717) is 17.1 Å². The molecule has 0 amide bonds. The minimum absolute atomic E-state index is 0.328. The molecule has 0 atom stereocenters. The SMILES string of the molecule is O=C(C(=C1SCCCN1Br)[N+](=O)[O-])c1ccccc1. The van der Waals surface area contributed by atoms with Crippen LogP contribution in [-0.4, -0.2) is 26.9 Å². The van der Waals surface area contributed by atoms with Crippen LogP contribution in [0.1, 0.15) is 16.8 Å². The van der Waals surface area contributed by atoms with Gasteiger partial charge < -0.3 is 0 Å². The zero-order chi connectivity index (χ0) is 13.8. The van der Waals surface area contributed by atoms with Crippen LogP contribution in [0.3, 0.4) is 0 Å². The first kappa shape index (κ1) is 14.1. The summed E-state index contributed by atoms with van der Waals surface area (Å²) in [5, 5.41) is 11.6. The van der Waals surface area contributed by atoms with E-state index in [4.69, 9.17) is 0 Å². The van der Waals surface area contributed by atoms with Crippen LogP contribution in [0, 0.1) is 10.1 Å². The van der Waals surface area contributed by atoms with Crippen LogP contribution in [-0.2, 0) is 0 Å². The molecule has 0 unspecified atom stereocenters. The van der Waals surface area contributed by atoms with Gasteiger partial charge in [-0.3, -0.25) is 18.8 Å². The first-order chi connectivity index (χ1) is 9.11. The van der Waals surface area contributed by atoms with Crippen LogP contribution in [0.2, 0.25) is 0 Å². The van der Waals surface area contributed by atoms with Gasteiger partial charge in [0.25, 0.3) is 5.78 Å². The van der Waals surface area contributed by atoms with E-state index in [1.165, 1.54) is 11.8 Å². The predicted octanol–water partition coefficient (Wildman–Crippen LogP) is 3.06. The van der Waals surface area contributed by atoms with Gasteiger partial charge in [0.15, 0.2) is 5.03 Å². The number of hydrogen-bond acceptors (Lipinski definition) is 5. The number of allylic oxidation sites excluding steroid dienone is 1. The molecule has 0 aromatic heterocycles. The third-order valence-electron chi connectivity index (χ3n) is 2.59. The van der Waals surface area contributed by atoms with Crippen LogP contribution in [0.5, 0.6) is 0 Å². The van der Waals surface area contributed by atoms with Gasteiger partial charge in [0.2, 0.25) is 0 Å². The molecule has 1 aromatic rings. The summed E-state index contributed by atoms with van der Waals surface area (Å²) in [5.74, 6) is 0.219. The van der Waals surface area contributed by atoms with Crippen molar-refractivity contribution < 1.29 is 9.72 Å². The standard InChI is InChI=1S/C12H11BrN2O3S/c13-14-7-4-8-19-12(14)10(15(17)18)11(16)9-5-2-1-3-6-9/h1-3,5-6H,4,7-8H2. The van der Waals surface area contributed by atoms with E-state index in [1.54, 1.807) is 34.3 Å². The molecule has 1 aliphatic rings. The maximum atomic E-state index is 12.3. The van der Waals surface area contributed by atoms with Gasteiger partial charge in [-0.25, -0.2) is 0 Å². The Bertz CT molecular complexity index is 533. The highest BCUT2D eigenvalue weighted by Crippen LogP contribution is 2.33. The third kappa shape index (κ3) is 3.16. The zero-order valence-electron chi connectivity index (χ0n) is 9.91. The topological polar surface area (TPSA) is 63.5 Å². The van der Waals surface area contributed by atoms with Crippen LogP contribution >= 0.6 is 27.9 Å². The number of carbonyl (C=O) groups excluding carboxylic acids is 1. The minimum Gasteiger partial charge on any atom is -0.297 e. The van der Waals surface area contributed by atoms with Gasteiger partial charge in [-0.05, 0) is 6.42 Å². The second-order valence-electron chi connectivity index (χ2n) is 3.89. The summed E-state index contributed by atoms with van der Waals surface area (Å²) in [7, 11) is 0. The molecular formula is C12H11BrN2O3S. The highest BCUT2D eigenvalue weighted by Gasteiger charge is 2.32. The fourth-order valence-electron chi connectivity index (χ4n) is 1.71. The number of Topliss-reactive ketones (excluding diaryl/α,β-unsaturated/α-hetero) is 1. The Morgan fingerprint density at radius 2 is 2.05 bits per heavy atom. The van der Waals surface area contributed by atoms with E-state index in [-0.39, 0.29) is 5.70 Å². The van der Waals surface area contributed by atoms with E-state index in [2.05, 4.69) is 16.1 Å². The first-order valence-electron chi connectivity index (χ1n) is 5.66. The number of carbonyl (C=O) groups is 1. The molecule has 0 aliphatic carbocycles. The van der Waals surface area contributed by atoms with Gasteiger partial charge in [-0.15, -0.1) is 11.8 Å². The smallest absolute Gasteiger partial charge is 0.297 e. The fraction of sp³-hybridized carbons (Fsp3) is 0.250. The minimum atomic E-state index is -0.600. The molecule has 7 heteroatoms. The van der Waals surface area contributed by atoms with Gasteiger partial charge in [-0.1, -0.05) is 30.3 Å². The Morgan fingerprint density at radius 1 is 1.37 bits per heavy atom. The molecule has 0 bridgehead atoms. The Morgan fingerprint density at radius 3 is 2.63 bits per heavy atom. The Labute approximate surface area is 123 Å². The number of nitrogens with zero attached hydrogens (tertiary/aromatic N) is 2. The van der Waals surface area contributed by atoms with Gasteiger partial charge in [0.05, 0.1) is 21.1 Å². The summed E-state index contributed by atoms with van der Waals surface area (Å²) in [6, 6.07) is 8.31. The lowest BCUT2D eigenvalue weighted by atomic mass is 10.1. The molecule has 0 N–H and O–H groups in total. The lowest BCUT2D eigenvalue weighted by Gasteiger charge is -2.23. The highest BCUT2D eigenvalue weighted by molar-refractivity contribution is 9.07. The second kappa shape index (κ2) is 6.21. The van der Waals surface area contributed by atoms with Gasteiger partial charge in [0.1, 0.15) is 0 Å². The Hall–Kier alpha value is -1.34. The summed E-state index contributed by atoms with van der Waals surface area (Å²) < 4.78 is 1.60. The third-order valence-corrected chi connectivity index (χ3v) is 4.72. The van der Waals surface area contributed by atoms with Crippen LogP contribution in [0.4, 0.5) is 0 Å². The monoisotopic (exact) mass is 342 g/mol. The number of halogens is 1. The van der Waals surface area contributed by atoms with Crippen molar-refractivity contribution in [3.63, 3.8) is 0 Å². The molecule has 2 rings (SSSR count). The second-order valence-corrected chi connectivity index (χ2v) is 5.83. The maximum absolute atomic E-state index is 12.3. The average molecular weight is 343 g/mol. The predicted molar refractivity (Wildman–Crippen MR) is 77.5 cm³/mol. The molecule has 1 aliphatic heterocycles. The molecule has 1 saturated heterocycles. The van der Waals surface area contributed by atoms with E-state index in [9.17, 15) is 14.9 Å². The number of rotatable bonds is 3. The Balaban J connectivity index is 2.43. The summed E-state index contributed by atoms with van der Waals surface area (Å²) in [4.78, 5) is 22.9. The van der Waals surface area contributed by atoms with Crippen molar-refractivity contribution in [3.05, 3.63) is 56.7 Å². The summed E-state index contributed by atoms with van der Waals surface area (Å²) in [6.45, 7) is 0.655. The number of nitro groups is 1. The van der Waals surface area contributed by atoms with E-state index < -0.39 is 10.7 Å². The summed E-state index contributed by atoms with van der Waals surface area (Å²) in [6.07, 6.45) is 0.921. The molecule has 19 heavy (non-hydrogen) atoms. The lowest BCUT2D eigenvalue weighted by Crippen LogP contribution is -2.24. The zero-order valence-corrected chi connectivity index (χ0v) is 12.3. The largest absolute Gasteiger partial charge is 0.347 e. The Kier molecular flexibility index (Phi) is 4.60. The number of benzene rings is 1. The molecule has 5 nitrogen and oxygen atoms in total. The van der Waals surface area contributed by atoms with Crippen molar-refractivity contribution in [1.29, 1.82) is 0 Å². The molecule has 1 heterocycles. The summed E-state index contributed by atoms with van der Waals surface area (Å²) in [5.41, 5.74) is -0.0402. The first-order valence-corrected chi connectivity index (χ1v) is 7.35. The fourth-order valence-corrected chi connectivity index (χ4v) is 3.44. The molecule has 1 aromatic carbocycles. The van der Waals surface area contributed by atoms with Gasteiger partial charge in [-0.2, -0.15) is 0 Å². The van der Waals surface area contributed by atoms with Crippen molar-refractivity contribution in [2.24, 2.45) is 0 Å². The van der Waals surface area contributed by atoms with Crippen molar-refractivity contribution >= 4 is 33.7 Å². The van der Waals surface area contributed by atoms with Crippen LogP contribution in [0.25, 0.3) is 0 Å². The van der Waals surface area contributed by atoms with Gasteiger partial charge in [0, 0.05) is 17.9 Å². The highest BCUT2D eigenvalue weighted by atomic mass is 79.9. The normalized spacial score (nSPS) is 18.1. The maximum Gasteiger partial charge on any atom is 0.347 e. The molecule has 0 saturated carbocycles. The van der Waals surface area contributed by atoms with Crippen LogP contribution in [0.15, 0.2) is 41.1 Å². The molecule has 100 valence electrons. The average Bonchev–Trinajstić information content (AvgIpc) is 2.42. The van der Waals surface area contributed by atoms with Crippen molar-refractivity contribution in [2.45, 2.75) is 6.42 Å². The van der Waals surface area contributed by atoms with E-state index >= 15 is 0 Å². The van der Waals surface area contributed by atoms with Crippen molar-refractivity contribution in [2.75, 3.05) is 12.3 Å². The lowest BCUT2D eigenvalue weighted by molar-refractivity contribution is -0.417. The number of hydrogen-bond donors (Lipinski definition) is 0. The number of thioether (sulfide) groups is 1. The van der Waals surface area contributed by atoms with E-state index in [0.717, 1.165) is 12.2 Å². The van der Waals surface area contributed by atoms with Gasteiger partial charge >= 0.3 is 5.70 Å². The molecular weight excluding hydrogens is 332 g/mol. The molecule has 0 radical (unpaired) electrons. The van der Waals surface area contributed by atoms with Crippen molar-refractivity contribution in [3.8, 4) is 0 Å². The van der Waals surface area contributed by atoms with Crippen LogP contribution < -0.4 is 0 Å². The number of ketones is 1. The molecule has 0 spiro atoms. The summed E-state index contributed by atoms with van der Waals surface area (Å²) >= 11 is 4.59. The molecule has 1 fully saturated rings. The van der Waals surface area contributed by atoms with Crippen molar-refractivity contribution in [1.82, 2.24) is 3.93 Å². The quantitative estimate of drug-likeness (QED) is 0.277. The van der Waals surface area contributed by atoms with E-state index in [1.807, 2.05) is 0 Å².